The number of aliphatic hydroxyl groups is 1. The molecule has 0 bridgehead atoms. The van der Waals surface area contributed by atoms with Gasteiger partial charge in [0.2, 0.25) is 0 Å². The molecule has 1 rings (SSSR count). The predicted molar refractivity (Wildman–Crippen MR) is 59.9 cm³/mol. The zero-order valence-corrected chi connectivity index (χ0v) is 9.37. The number of hydrogen-bond acceptors (Lipinski definition) is 5. The standard InChI is InChI=1S/C11H15NO4/c1-3-9(14)10-8(12-4-5-13)6-7(2)16-11(10)15/h6,12-13H,3-5H2,1-2H3. The zero-order valence-electron chi connectivity index (χ0n) is 9.37. The van der Waals surface area contributed by atoms with E-state index in [2.05, 4.69) is 5.32 Å². The highest BCUT2D eigenvalue weighted by molar-refractivity contribution is 6.00. The van der Waals surface area contributed by atoms with Crippen LogP contribution >= 0.6 is 0 Å². The van der Waals surface area contributed by atoms with Gasteiger partial charge in [0.25, 0.3) is 0 Å². The number of ketones is 1. The van der Waals surface area contributed by atoms with E-state index in [-0.39, 0.29) is 30.9 Å². The summed E-state index contributed by atoms with van der Waals surface area (Å²) in [6.45, 7) is 3.52. The molecule has 0 aliphatic carbocycles. The van der Waals surface area contributed by atoms with E-state index in [9.17, 15) is 9.59 Å². The molecular weight excluding hydrogens is 210 g/mol. The van der Waals surface area contributed by atoms with Crippen LogP contribution in [0, 0.1) is 6.92 Å². The molecule has 0 fully saturated rings. The summed E-state index contributed by atoms with van der Waals surface area (Å²) < 4.78 is 4.87. The lowest BCUT2D eigenvalue weighted by atomic mass is 10.1. The molecule has 0 spiro atoms. The molecule has 2 N–H and O–H groups in total. The van der Waals surface area contributed by atoms with Crippen molar-refractivity contribution in [2.24, 2.45) is 0 Å². The first-order valence-electron chi connectivity index (χ1n) is 5.12. The Morgan fingerprint density at radius 1 is 1.56 bits per heavy atom. The summed E-state index contributed by atoms with van der Waals surface area (Å²) in [5.74, 6) is 0.160. The van der Waals surface area contributed by atoms with E-state index in [1.165, 1.54) is 0 Å². The average Bonchev–Trinajstić information content (AvgIpc) is 2.24. The van der Waals surface area contributed by atoms with Crippen LogP contribution in [0.5, 0.6) is 0 Å². The van der Waals surface area contributed by atoms with Crippen molar-refractivity contribution in [2.75, 3.05) is 18.5 Å². The number of aryl methyl sites for hydroxylation is 1. The fourth-order valence-electron chi connectivity index (χ4n) is 1.38. The summed E-state index contributed by atoms with van der Waals surface area (Å²) in [4.78, 5) is 23.1. The number of Topliss-reactive ketones (excluding diaryl/α,β-unsaturated/α-hetero) is 1. The Kier molecular flexibility index (Phi) is 4.25. The van der Waals surface area contributed by atoms with Gasteiger partial charge in [-0.25, -0.2) is 4.79 Å². The molecule has 0 amide bonds. The van der Waals surface area contributed by atoms with Gasteiger partial charge in [0.05, 0.1) is 12.3 Å². The van der Waals surface area contributed by atoms with Gasteiger partial charge in [-0.3, -0.25) is 4.79 Å². The Labute approximate surface area is 93.1 Å². The van der Waals surface area contributed by atoms with E-state index in [4.69, 9.17) is 9.52 Å². The maximum absolute atomic E-state index is 11.6. The summed E-state index contributed by atoms with van der Waals surface area (Å²) >= 11 is 0. The fraction of sp³-hybridized carbons (Fsp3) is 0.455. The Balaban J connectivity index is 3.21. The summed E-state index contributed by atoms with van der Waals surface area (Å²) in [5.41, 5.74) is -0.177. The first-order chi connectivity index (χ1) is 7.60. The lowest BCUT2D eigenvalue weighted by Crippen LogP contribution is -2.19. The SMILES string of the molecule is CCC(=O)c1c(NCCO)cc(C)oc1=O. The van der Waals surface area contributed by atoms with Crippen molar-refractivity contribution in [2.45, 2.75) is 20.3 Å². The number of anilines is 1. The Morgan fingerprint density at radius 3 is 2.81 bits per heavy atom. The minimum atomic E-state index is -0.632. The van der Waals surface area contributed by atoms with Crippen LogP contribution < -0.4 is 10.9 Å². The maximum atomic E-state index is 11.6. The third-order valence-electron chi connectivity index (χ3n) is 2.10. The number of nitrogens with one attached hydrogen (secondary N) is 1. The van der Waals surface area contributed by atoms with Crippen molar-refractivity contribution in [1.82, 2.24) is 0 Å². The van der Waals surface area contributed by atoms with Crippen molar-refractivity contribution >= 4 is 11.5 Å². The fourth-order valence-corrected chi connectivity index (χ4v) is 1.38. The quantitative estimate of drug-likeness (QED) is 0.729. The molecule has 0 aliphatic rings. The number of aliphatic hydroxyl groups excluding tert-OH is 1. The Morgan fingerprint density at radius 2 is 2.25 bits per heavy atom. The van der Waals surface area contributed by atoms with Crippen molar-refractivity contribution in [3.63, 3.8) is 0 Å². The van der Waals surface area contributed by atoms with Gasteiger partial charge >= 0.3 is 5.63 Å². The second kappa shape index (κ2) is 5.46. The van der Waals surface area contributed by atoms with Crippen LogP contribution in [-0.4, -0.2) is 24.0 Å². The molecule has 1 aromatic heterocycles. The smallest absolute Gasteiger partial charge is 0.348 e. The molecule has 0 saturated carbocycles. The molecule has 0 unspecified atom stereocenters. The number of hydrogen-bond donors (Lipinski definition) is 2. The van der Waals surface area contributed by atoms with Gasteiger partial charge in [-0.15, -0.1) is 0 Å². The van der Waals surface area contributed by atoms with Crippen LogP contribution in [0.15, 0.2) is 15.3 Å². The number of rotatable bonds is 5. The first-order valence-corrected chi connectivity index (χ1v) is 5.12. The predicted octanol–water partition coefficient (Wildman–Crippen LogP) is 0.945. The molecule has 0 radical (unpaired) electrons. The maximum Gasteiger partial charge on any atom is 0.348 e. The van der Waals surface area contributed by atoms with Crippen molar-refractivity contribution in [1.29, 1.82) is 0 Å². The molecule has 0 aromatic carbocycles. The van der Waals surface area contributed by atoms with Crippen LogP contribution in [0.25, 0.3) is 0 Å². The largest absolute Gasteiger partial charge is 0.428 e. The third kappa shape index (κ3) is 2.70. The van der Waals surface area contributed by atoms with E-state index in [0.29, 0.717) is 11.4 Å². The minimum absolute atomic E-state index is 0.0292. The topological polar surface area (TPSA) is 79.5 Å². The van der Waals surface area contributed by atoms with Gasteiger partial charge in [0, 0.05) is 19.0 Å². The highest BCUT2D eigenvalue weighted by Gasteiger charge is 2.16. The first kappa shape index (κ1) is 12.4. The zero-order chi connectivity index (χ0) is 12.1. The van der Waals surface area contributed by atoms with Gasteiger partial charge in [0.1, 0.15) is 11.3 Å². The Hall–Kier alpha value is -1.62. The van der Waals surface area contributed by atoms with E-state index in [0.717, 1.165) is 0 Å². The summed E-state index contributed by atoms with van der Waals surface area (Å²) in [6.07, 6.45) is 0.238. The van der Waals surface area contributed by atoms with Crippen LogP contribution in [0.4, 0.5) is 5.69 Å². The van der Waals surface area contributed by atoms with E-state index in [1.807, 2.05) is 0 Å². The van der Waals surface area contributed by atoms with Crippen LogP contribution in [0.1, 0.15) is 29.5 Å². The molecule has 0 aliphatic heterocycles. The van der Waals surface area contributed by atoms with Crippen LogP contribution in [-0.2, 0) is 0 Å². The minimum Gasteiger partial charge on any atom is -0.428 e. The van der Waals surface area contributed by atoms with E-state index < -0.39 is 5.63 Å². The molecule has 1 aromatic rings. The second-order valence-corrected chi connectivity index (χ2v) is 3.36. The van der Waals surface area contributed by atoms with Gasteiger partial charge < -0.3 is 14.8 Å². The number of carbonyl (C=O) groups is 1. The van der Waals surface area contributed by atoms with E-state index >= 15 is 0 Å². The average molecular weight is 225 g/mol. The Bertz CT molecular complexity index is 436. The van der Waals surface area contributed by atoms with Crippen molar-refractivity contribution < 1.29 is 14.3 Å². The molecule has 0 atom stereocenters. The molecule has 0 saturated heterocycles. The van der Waals surface area contributed by atoms with Gasteiger partial charge in [-0.2, -0.15) is 0 Å². The summed E-state index contributed by atoms with van der Waals surface area (Å²) in [7, 11) is 0. The number of carbonyl (C=O) groups excluding carboxylic acids is 1. The third-order valence-corrected chi connectivity index (χ3v) is 2.10. The summed E-state index contributed by atoms with van der Waals surface area (Å²) in [5, 5.41) is 11.5. The molecule has 5 nitrogen and oxygen atoms in total. The molecule has 1 heterocycles. The highest BCUT2D eigenvalue weighted by Crippen LogP contribution is 2.15. The second-order valence-electron chi connectivity index (χ2n) is 3.36. The molecular formula is C11H15NO4. The lowest BCUT2D eigenvalue weighted by molar-refractivity contribution is 0.0985. The highest BCUT2D eigenvalue weighted by atomic mass is 16.4. The van der Waals surface area contributed by atoms with Crippen LogP contribution in [0.3, 0.4) is 0 Å². The van der Waals surface area contributed by atoms with Gasteiger partial charge in [-0.1, -0.05) is 6.92 Å². The lowest BCUT2D eigenvalue weighted by Gasteiger charge is -2.08. The molecule has 88 valence electrons. The van der Waals surface area contributed by atoms with Gasteiger partial charge in [-0.05, 0) is 6.92 Å². The van der Waals surface area contributed by atoms with Crippen LogP contribution in [0.2, 0.25) is 0 Å². The van der Waals surface area contributed by atoms with Gasteiger partial charge in [0.15, 0.2) is 5.78 Å². The monoisotopic (exact) mass is 225 g/mol. The summed E-state index contributed by atoms with van der Waals surface area (Å²) in [6, 6.07) is 1.58. The molecule has 16 heavy (non-hydrogen) atoms. The molecule has 5 heteroatoms. The van der Waals surface area contributed by atoms with E-state index in [1.54, 1.807) is 19.9 Å². The van der Waals surface area contributed by atoms with Crippen molar-refractivity contribution in [3.05, 3.63) is 27.8 Å². The normalized spacial score (nSPS) is 10.2. The van der Waals surface area contributed by atoms with Crippen molar-refractivity contribution in [3.8, 4) is 0 Å².